The smallest absolute Gasteiger partial charge is 0.0828 e. The molecule has 0 aromatic carbocycles. The van der Waals surface area contributed by atoms with Crippen LogP contribution < -0.4 is 0 Å². The monoisotopic (exact) mass is 197 g/mol. The predicted molar refractivity (Wildman–Crippen MR) is 54.1 cm³/mol. The van der Waals surface area contributed by atoms with Crippen LogP contribution in [0.5, 0.6) is 0 Å². The average molecular weight is 198 g/mol. The van der Waals surface area contributed by atoms with Gasteiger partial charge in [-0.1, -0.05) is 11.6 Å². The molecular weight excluding hydrogens is 190 g/mol. The Balaban J connectivity index is 2.94. The van der Waals surface area contributed by atoms with Crippen molar-refractivity contribution in [2.45, 2.75) is 13.8 Å². The molecule has 2 aromatic heterocycles. The molecule has 0 atom stereocenters. The van der Waals surface area contributed by atoms with E-state index < -0.39 is 0 Å². The van der Waals surface area contributed by atoms with Crippen LogP contribution >= 0.6 is 22.9 Å². The van der Waals surface area contributed by atoms with E-state index in [4.69, 9.17) is 11.6 Å². The summed E-state index contributed by atoms with van der Waals surface area (Å²) in [4.78, 5) is 4.42. The minimum absolute atomic E-state index is 0.854. The zero-order valence-corrected chi connectivity index (χ0v) is 8.46. The van der Waals surface area contributed by atoms with Crippen molar-refractivity contribution in [3.63, 3.8) is 0 Å². The van der Waals surface area contributed by atoms with Crippen LogP contribution in [-0.4, -0.2) is 4.98 Å². The Morgan fingerprint density at radius 2 is 2.17 bits per heavy atom. The highest BCUT2D eigenvalue weighted by atomic mass is 35.5. The second-order valence-electron chi connectivity index (χ2n) is 2.77. The molecule has 0 spiro atoms. The number of thiophene rings is 1. The van der Waals surface area contributed by atoms with Crippen LogP contribution in [0.1, 0.15) is 11.3 Å². The number of aromatic nitrogens is 1. The number of rotatable bonds is 0. The topological polar surface area (TPSA) is 12.9 Å². The first-order valence-corrected chi connectivity index (χ1v) is 4.96. The van der Waals surface area contributed by atoms with Gasteiger partial charge in [-0.15, -0.1) is 11.3 Å². The molecule has 0 radical (unpaired) electrons. The van der Waals surface area contributed by atoms with Gasteiger partial charge in [0.1, 0.15) is 0 Å². The Hall–Kier alpha value is -0.600. The molecule has 0 aliphatic heterocycles. The van der Waals surface area contributed by atoms with Gasteiger partial charge >= 0.3 is 0 Å². The van der Waals surface area contributed by atoms with E-state index in [2.05, 4.69) is 4.98 Å². The molecule has 2 aromatic rings. The molecule has 0 fully saturated rings. The summed E-state index contributed by atoms with van der Waals surface area (Å²) in [6.07, 6.45) is 0. The van der Waals surface area contributed by atoms with Crippen LogP contribution in [0.4, 0.5) is 0 Å². The van der Waals surface area contributed by atoms with Crippen LogP contribution in [0.2, 0.25) is 5.02 Å². The van der Waals surface area contributed by atoms with E-state index in [0.29, 0.717) is 0 Å². The van der Waals surface area contributed by atoms with Gasteiger partial charge in [-0.25, -0.2) is 0 Å². The summed E-state index contributed by atoms with van der Waals surface area (Å²) in [5.74, 6) is 0. The van der Waals surface area contributed by atoms with Crippen molar-refractivity contribution < 1.29 is 0 Å². The number of aryl methyl sites for hydroxylation is 1. The van der Waals surface area contributed by atoms with Crippen molar-refractivity contribution >= 4 is 33.2 Å². The van der Waals surface area contributed by atoms with Gasteiger partial charge in [0.15, 0.2) is 0 Å². The number of nitrogens with zero attached hydrogens (tertiary/aromatic N) is 1. The highest BCUT2D eigenvalue weighted by Gasteiger charge is 2.07. The molecule has 0 bridgehead atoms. The lowest BCUT2D eigenvalue weighted by molar-refractivity contribution is 1.20. The lowest BCUT2D eigenvalue weighted by Gasteiger charge is -2.01. The van der Waals surface area contributed by atoms with Crippen molar-refractivity contribution in [2.75, 3.05) is 0 Å². The third-order valence-corrected chi connectivity index (χ3v) is 3.51. The first kappa shape index (κ1) is 8.02. The van der Waals surface area contributed by atoms with E-state index in [1.807, 2.05) is 25.3 Å². The molecule has 1 nitrogen and oxygen atoms in total. The third kappa shape index (κ3) is 1.03. The van der Waals surface area contributed by atoms with Crippen LogP contribution in [0, 0.1) is 13.8 Å². The van der Waals surface area contributed by atoms with Crippen molar-refractivity contribution in [1.29, 1.82) is 0 Å². The molecule has 12 heavy (non-hydrogen) atoms. The Bertz CT molecular complexity index is 433. The number of hydrogen-bond donors (Lipinski definition) is 0. The Morgan fingerprint density at radius 1 is 1.42 bits per heavy atom. The molecule has 62 valence electrons. The Kier molecular flexibility index (Phi) is 1.81. The van der Waals surface area contributed by atoms with E-state index in [1.165, 1.54) is 0 Å². The van der Waals surface area contributed by atoms with Crippen LogP contribution in [0.25, 0.3) is 10.2 Å². The van der Waals surface area contributed by atoms with Gasteiger partial charge in [-0.2, -0.15) is 0 Å². The standard InChI is InChI=1S/C9H8ClNS/c1-5-6(2)11-7-3-4-12-9(7)8(5)10/h3-4H,1-2H3. The molecule has 0 aliphatic carbocycles. The molecule has 0 saturated heterocycles. The van der Waals surface area contributed by atoms with Gasteiger partial charge in [0, 0.05) is 5.69 Å². The highest BCUT2D eigenvalue weighted by Crippen LogP contribution is 2.30. The summed E-state index contributed by atoms with van der Waals surface area (Å²) in [5.41, 5.74) is 3.12. The maximum Gasteiger partial charge on any atom is 0.0828 e. The van der Waals surface area contributed by atoms with Crippen molar-refractivity contribution in [3.8, 4) is 0 Å². The quantitative estimate of drug-likeness (QED) is 0.629. The van der Waals surface area contributed by atoms with Gasteiger partial charge in [0.2, 0.25) is 0 Å². The molecule has 0 N–H and O–H groups in total. The molecule has 0 unspecified atom stereocenters. The molecule has 0 aliphatic rings. The summed E-state index contributed by atoms with van der Waals surface area (Å²) in [5, 5.41) is 2.87. The minimum atomic E-state index is 0.854. The molecular formula is C9H8ClNS. The van der Waals surface area contributed by atoms with E-state index >= 15 is 0 Å². The lowest BCUT2D eigenvalue weighted by atomic mass is 10.2. The third-order valence-electron chi connectivity index (χ3n) is 2.00. The number of halogens is 1. The largest absolute Gasteiger partial charge is 0.252 e. The van der Waals surface area contributed by atoms with Gasteiger partial charge in [-0.05, 0) is 30.9 Å². The number of hydrogen-bond acceptors (Lipinski definition) is 2. The normalized spacial score (nSPS) is 10.9. The van der Waals surface area contributed by atoms with E-state index in [9.17, 15) is 0 Å². The number of pyridine rings is 1. The van der Waals surface area contributed by atoms with Crippen molar-refractivity contribution in [1.82, 2.24) is 4.98 Å². The zero-order valence-electron chi connectivity index (χ0n) is 6.89. The highest BCUT2D eigenvalue weighted by molar-refractivity contribution is 7.17. The fourth-order valence-corrected chi connectivity index (χ4v) is 2.34. The average Bonchev–Trinajstić information content (AvgIpc) is 2.48. The summed E-state index contributed by atoms with van der Waals surface area (Å²) >= 11 is 7.79. The molecule has 2 heterocycles. The van der Waals surface area contributed by atoms with Crippen LogP contribution in [0.15, 0.2) is 11.4 Å². The second-order valence-corrected chi connectivity index (χ2v) is 4.07. The SMILES string of the molecule is Cc1nc2ccsc2c(Cl)c1C. The minimum Gasteiger partial charge on any atom is -0.252 e. The second kappa shape index (κ2) is 2.71. The predicted octanol–water partition coefficient (Wildman–Crippen LogP) is 3.57. The summed E-state index contributed by atoms with van der Waals surface area (Å²) < 4.78 is 1.10. The van der Waals surface area contributed by atoms with E-state index in [1.54, 1.807) is 11.3 Å². The van der Waals surface area contributed by atoms with Gasteiger partial charge in [-0.3, -0.25) is 4.98 Å². The van der Waals surface area contributed by atoms with Crippen LogP contribution in [-0.2, 0) is 0 Å². The summed E-state index contributed by atoms with van der Waals surface area (Å²) in [6.45, 7) is 3.99. The van der Waals surface area contributed by atoms with Crippen molar-refractivity contribution in [2.24, 2.45) is 0 Å². The molecule has 2 rings (SSSR count). The fraction of sp³-hybridized carbons (Fsp3) is 0.222. The van der Waals surface area contributed by atoms with Gasteiger partial charge < -0.3 is 0 Å². The first-order chi connectivity index (χ1) is 5.70. The maximum atomic E-state index is 6.14. The first-order valence-electron chi connectivity index (χ1n) is 3.70. The number of fused-ring (bicyclic) bond motifs is 1. The summed E-state index contributed by atoms with van der Waals surface area (Å²) in [6, 6.07) is 2.00. The summed E-state index contributed by atoms with van der Waals surface area (Å²) in [7, 11) is 0. The van der Waals surface area contributed by atoms with E-state index in [-0.39, 0.29) is 0 Å². The Morgan fingerprint density at radius 3 is 2.92 bits per heavy atom. The molecule has 0 amide bonds. The van der Waals surface area contributed by atoms with Gasteiger partial charge in [0.25, 0.3) is 0 Å². The zero-order chi connectivity index (χ0) is 8.72. The fourth-order valence-electron chi connectivity index (χ4n) is 1.15. The van der Waals surface area contributed by atoms with Crippen molar-refractivity contribution in [3.05, 3.63) is 27.7 Å². The van der Waals surface area contributed by atoms with Crippen LogP contribution in [0.3, 0.4) is 0 Å². The molecule has 3 heteroatoms. The maximum absolute atomic E-state index is 6.14. The lowest BCUT2D eigenvalue weighted by Crippen LogP contribution is -1.87. The molecule has 0 saturated carbocycles. The van der Waals surface area contributed by atoms with Gasteiger partial charge in [0.05, 0.1) is 15.2 Å². The Labute approximate surface area is 80.0 Å². The van der Waals surface area contributed by atoms with E-state index in [0.717, 1.165) is 26.5 Å².